The van der Waals surface area contributed by atoms with Gasteiger partial charge in [0.05, 0.1) is 16.3 Å². The highest BCUT2D eigenvalue weighted by molar-refractivity contribution is 8.03. The van der Waals surface area contributed by atoms with E-state index in [0.29, 0.717) is 0 Å². The van der Waals surface area contributed by atoms with Gasteiger partial charge in [0.15, 0.2) is 18.6 Å². The Morgan fingerprint density at radius 1 is 1.07 bits per heavy atom. The number of hydrogen-bond donors (Lipinski definition) is 1. The number of H-pyrrole nitrogens is 1. The van der Waals surface area contributed by atoms with Gasteiger partial charge >= 0.3 is 0 Å². The molecule has 0 saturated heterocycles. The van der Waals surface area contributed by atoms with Gasteiger partial charge in [0, 0.05) is 30.2 Å². The number of aromatic amines is 1. The first-order valence-corrected chi connectivity index (χ1v) is 10.6. The molecular weight excluding hydrogens is 390 g/mol. The Balaban J connectivity index is 1.37. The highest BCUT2D eigenvalue weighted by Gasteiger charge is 2.20. The van der Waals surface area contributed by atoms with Crippen molar-refractivity contribution in [1.29, 1.82) is 0 Å². The fourth-order valence-electron chi connectivity index (χ4n) is 3.62. The lowest BCUT2D eigenvalue weighted by Gasteiger charge is -2.12. The number of aromatic nitrogens is 4. The quantitative estimate of drug-likeness (QED) is 0.517. The molecule has 1 aliphatic heterocycles. The van der Waals surface area contributed by atoms with Crippen LogP contribution in [0.25, 0.3) is 28.5 Å². The van der Waals surface area contributed by atoms with E-state index in [1.807, 2.05) is 30.1 Å². The maximum Gasteiger partial charge on any atom is 0.204 e. The normalized spacial score (nSPS) is 14.9. The van der Waals surface area contributed by atoms with Crippen LogP contribution in [-0.4, -0.2) is 17.0 Å². The summed E-state index contributed by atoms with van der Waals surface area (Å²) in [5, 5.41) is 1.22. The van der Waals surface area contributed by atoms with Crippen LogP contribution in [0, 0.1) is 0 Å². The first-order chi connectivity index (χ1) is 14.6. The average Bonchev–Trinajstić information content (AvgIpc) is 3.30. The van der Waals surface area contributed by atoms with Crippen LogP contribution in [0.5, 0.6) is 0 Å². The first kappa shape index (κ1) is 18.6. The Hall–Kier alpha value is -3.38. The summed E-state index contributed by atoms with van der Waals surface area (Å²) in [6, 6.07) is 14.7. The van der Waals surface area contributed by atoms with Crippen LogP contribution in [0.4, 0.5) is 5.69 Å². The second-order valence-electron chi connectivity index (χ2n) is 7.44. The Morgan fingerprint density at radius 2 is 1.93 bits per heavy atom. The van der Waals surface area contributed by atoms with E-state index in [1.54, 1.807) is 11.8 Å². The molecule has 0 bridgehead atoms. The molecule has 0 atom stereocenters. The Morgan fingerprint density at radius 3 is 2.77 bits per heavy atom. The van der Waals surface area contributed by atoms with Crippen LogP contribution >= 0.6 is 11.8 Å². The molecule has 1 aromatic carbocycles. The van der Waals surface area contributed by atoms with Crippen molar-refractivity contribution in [2.75, 3.05) is 11.9 Å². The molecule has 0 saturated carbocycles. The Bertz CT molecular complexity index is 1320. The van der Waals surface area contributed by atoms with E-state index < -0.39 is 0 Å². The third-order valence-corrected chi connectivity index (χ3v) is 6.47. The molecule has 0 aliphatic carbocycles. The predicted octanol–water partition coefficient (Wildman–Crippen LogP) is 3.98. The largest absolute Gasteiger partial charge is 0.338 e. The lowest BCUT2D eigenvalue weighted by molar-refractivity contribution is -0.672. The number of thioether (sulfide) groups is 1. The average molecular weight is 414 g/mol. The summed E-state index contributed by atoms with van der Waals surface area (Å²) in [6.07, 6.45) is 12.6. The molecule has 0 unspecified atom stereocenters. The van der Waals surface area contributed by atoms with E-state index >= 15 is 0 Å². The standard InChI is InChI=1S/C24H22N5S/c1-27-14-13-19-20(16-27)26-24(25-19)17-11-12-18(28(2)15-17)7-6-10-23-29(3)21-8-4-5-9-22(21)30-23/h4-16H,1-3H3/q+1/p+1. The molecule has 30 heavy (non-hydrogen) atoms. The van der Waals surface area contributed by atoms with Crippen LogP contribution < -0.4 is 14.0 Å². The van der Waals surface area contributed by atoms with Gasteiger partial charge in [0.2, 0.25) is 5.69 Å². The number of nitrogens with one attached hydrogen (secondary N) is 1. The molecule has 6 heteroatoms. The number of rotatable bonds is 3. The SMILES string of the molecule is CN1/C(=C\C=C\c2ccc(-c3nc4cc[n+](C)cc4[nH]3)c[n+]2C)Sc2ccccc21. The van der Waals surface area contributed by atoms with Gasteiger partial charge in [-0.05, 0) is 24.3 Å². The van der Waals surface area contributed by atoms with Gasteiger partial charge in [-0.3, -0.25) is 0 Å². The molecule has 5 rings (SSSR count). The lowest BCUT2D eigenvalue weighted by atomic mass is 10.2. The summed E-state index contributed by atoms with van der Waals surface area (Å²) in [7, 11) is 6.18. The third-order valence-electron chi connectivity index (χ3n) is 5.29. The van der Waals surface area contributed by atoms with Crippen LogP contribution in [0.2, 0.25) is 0 Å². The summed E-state index contributed by atoms with van der Waals surface area (Å²) >= 11 is 1.80. The monoisotopic (exact) mass is 413 g/mol. The zero-order chi connectivity index (χ0) is 20.7. The van der Waals surface area contributed by atoms with Crippen molar-refractivity contribution in [3.8, 4) is 11.4 Å². The van der Waals surface area contributed by atoms with Crippen molar-refractivity contribution >= 4 is 34.6 Å². The van der Waals surface area contributed by atoms with Gasteiger partial charge in [-0.15, -0.1) is 0 Å². The van der Waals surface area contributed by atoms with E-state index in [1.165, 1.54) is 15.6 Å². The molecule has 3 aromatic heterocycles. The minimum Gasteiger partial charge on any atom is -0.338 e. The second kappa shape index (κ2) is 7.46. The van der Waals surface area contributed by atoms with E-state index in [0.717, 1.165) is 28.1 Å². The summed E-state index contributed by atoms with van der Waals surface area (Å²) in [5.74, 6) is 0.881. The minimum atomic E-state index is 0.881. The Labute approximate surface area is 180 Å². The van der Waals surface area contributed by atoms with Crippen molar-refractivity contribution in [2.24, 2.45) is 14.1 Å². The van der Waals surface area contributed by atoms with Crippen molar-refractivity contribution < 1.29 is 9.13 Å². The summed E-state index contributed by atoms with van der Waals surface area (Å²) < 4.78 is 4.14. The van der Waals surface area contributed by atoms with Crippen molar-refractivity contribution in [1.82, 2.24) is 9.97 Å². The van der Waals surface area contributed by atoms with Gasteiger partial charge < -0.3 is 9.88 Å². The van der Waals surface area contributed by atoms with Gasteiger partial charge in [0.25, 0.3) is 0 Å². The number of hydrogen-bond acceptors (Lipinski definition) is 3. The number of aryl methyl sites for hydroxylation is 2. The lowest BCUT2D eigenvalue weighted by Crippen LogP contribution is -2.31. The number of allylic oxidation sites excluding steroid dienone is 2. The summed E-state index contributed by atoms with van der Waals surface area (Å²) in [4.78, 5) is 11.7. The number of fused-ring (bicyclic) bond motifs is 2. The maximum atomic E-state index is 4.72. The van der Waals surface area contributed by atoms with Crippen molar-refractivity contribution in [2.45, 2.75) is 4.90 Å². The topological polar surface area (TPSA) is 39.7 Å². The molecule has 148 valence electrons. The number of para-hydroxylation sites is 1. The summed E-state index contributed by atoms with van der Waals surface area (Å²) in [6.45, 7) is 0. The highest BCUT2D eigenvalue weighted by Crippen LogP contribution is 2.44. The molecule has 5 nitrogen and oxygen atoms in total. The van der Waals surface area contributed by atoms with Crippen molar-refractivity contribution in [3.63, 3.8) is 0 Å². The molecule has 1 N–H and O–H groups in total. The van der Waals surface area contributed by atoms with Gasteiger partial charge in [-0.25, -0.2) is 14.1 Å². The fourth-order valence-corrected chi connectivity index (χ4v) is 4.69. The predicted molar refractivity (Wildman–Crippen MR) is 122 cm³/mol. The maximum absolute atomic E-state index is 4.72. The highest BCUT2D eigenvalue weighted by atomic mass is 32.2. The molecule has 0 radical (unpaired) electrons. The molecule has 0 fully saturated rings. The first-order valence-electron chi connectivity index (χ1n) is 9.82. The van der Waals surface area contributed by atoms with E-state index in [9.17, 15) is 0 Å². The molecule has 4 aromatic rings. The van der Waals surface area contributed by atoms with Crippen molar-refractivity contribution in [3.05, 3.63) is 83.9 Å². The number of imidazole rings is 1. The summed E-state index contributed by atoms with van der Waals surface area (Å²) in [5.41, 5.74) is 5.46. The van der Waals surface area contributed by atoms with Crippen LogP contribution in [0.15, 0.2) is 83.1 Å². The molecule has 0 amide bonds. The number of nitrogens with zero attached hydrogens (tertiary/aromatic N) is 4. The minimum absolute atomic E-state index is 0.881. The molecule has 1 aliphatic rings. The number of benzene rings is 1. The van der Waals surface area contributed by atoms with Crippen LogP contribution in [0.1, 0.15) is 5.69 Å². The number of pyridine rings is 2. The molecule has 4 heterocycles. The Kier molecular flexibility index (Phi) is 4.64. The van der Waals surface area contributed by atoms with Crippen LogP contribution in [-0.2, 0) is 14.1 Å². The smallest absolute Gasteiger partial charge is 0.204 e. The zero-order valence-corrected chi connectivity index (χ0v) is 18.0. The van der Waals surface area contributed by atoms with E-state index in [4.69, 9.17) is 4.98 Å². The van der Waals surface area contributed by atoms with Gasteiger partial charge in [-0.1, -0.05) is 30.0 Å². The fraction of sp³-hybridized carbons (Fsp3) is 0.125. The van der Waals surface area contributed by atoms with E-state index in [-0.39, 0.29) is 0 Å². The van der Waals surface area contributed by atoms with E-state index in [2.05, 4.69) is 89.4 Å². The van der Waals surface area contributed by atoms with Gasteiger partial charge in [-0.2, -0.15) is 0 Å². The molecule has 0 spiro atoms. The number of anilines is 1. The molecular formula is C24H23N5S+2. The van der Waals surface area contributed by atoms with Crippen LogP contribution in [0.3, 0.4) is 0 Å². The zero-order valence-electron chi connectivity index (χ0n) is 17.2. The third kappa shape index (κ3) is 3.39. The van der Waals surface area contributed by atoms with Gasteiger partial charge in [0.1, 0.15) is 31.0 Å². The second-order valence-corrected chi connectivity index (χ2v) is 8.50.